The minimum Gasteiger partial charge on any atom is -0.462 e. The Morgan fingerprint density at radius 3 is 2.65 bits per heavy atom. The predicted molar refractivity (Wildman–Crippen MR) is 68.6 cm³/mol. The second kappa shape index (κ2) is 5.85. The number of carbonyl (C=O) groups excluding carboxylic acids is 1. The molecule has 0 radical (unpaired) electrons. The summed E-state index contributed by atoms with van der Waals surface area (Å²) in [4.78, 5) is 12.0. The monoisotopic (exact) mass is 232 g/mol. The van der Waals surface area contributed by atoms with E-state index in [4.69, 9.17) is 4.74 Å². The summed E-state index contributed by atoms with van der Waals surface area (Å²) < 4.78 is 5.15. The van der Waals surface area contributed by atoms with Gasteiger partial charge in [0.15, 0.2) is 0 Å². The minimum atomic E-state index is -0.159. The molecule has 2 nitrogen and oxygen atoms in total. The van der Waals surface area contributed by atoms with E-state index >= 15 is 0 Å². The molecule has 0 aromatic carbocycles. The largest absolute Gasteiger partial charge is 0.462 e. The quantitative estimate of drug-likeness (QED) is 0.545. The summed E-state index contributed by atoms with van der Waals surface area (Å²) in [7, 11) is 0. The molecule has 2 rings (SSSR count). The van der Waals surface area contributed by atoms with Gasteiger partial charge in [0.1, 0.15) is 0 Å². The first-order valence-corrected chi connectivity index (χ1v) is 6.58. The molecule has 0 unspecified atom stereocenters. The van der Waals surface area contributed by atoms with E-state index in [2.05, 4.69) is 12.2 Å². The number of carbonyl (C=O) groups is 1. The SMILES string of the molecule is CCOC(=O)C(=CC1=CCCC1)C1=CCCC1. The highest BCUT2D eigenvalue weighted by atomic mass is 16.5. The van der Waals surface area contributed by atoms with E-state index in [1.807, 2.05) is 13.0 Å². The number of hydrogen-bond donors (Lipinski definition) is 0. The molecular weight excluding hydrogens is 212 g/mol. The minimum absolute atomic E-state index is 0.159. The van der Waals surface area contributed by atoms with Gasteiger partial charge in [-0.2, -0.15) is 0 Å². The van der Waals surface area contributed by atoms with Crippen molar-refractivity contribution < 1.29 is 9.53 Å². The van der Waals surface area contributed by atoms with Gasteiger partial charge in [-0.25, -0.2) is 4.79 Å². The van der Waals surface area contributed by atoms with Gasteiger partial charge in [0, 0.05) is 0 Å². The number of rotatable bonds is 4. The molecule has 0 saturated carbocycles. The third kappa shape index (κ3) is 3.09. The number of esters is 1. The molecule has 0 heterocycles. The molecule has 92 valence electrons. The molecule has 0 aromatic rings. The first-order chi connectivity index (χ1) is 8.31. The fraction of sp³-hybridized carbons (Fsp3) is 0.533. The molecule has 0 amide bonds. The van der Waals surface area contributed by atoms with Crippen molar-refractivity contribution in [3.63, 3.8) is 0 Å². The van der Waals surface area contributed by atoms with Gasteiger partial charge in [0.05, 0.1) is 12.2 Å². The van der Waals surface area contributed by atoms with E-state index in [9.17, 15) is 4.79 Å². The Balaban J connectivity index is 2.19. The van der Waals surface area contributed by atoms with Crippen LogP contribution in [0.2, 0.25) is 0 Å². The Labute approximate surface area is 103 Å². The molecule has 0 saturated heterocycles. The summed E-state index contributed by atoms with van der Waals surface area (Å²) in [5.74, 6) is -0.159. The molecule has 2 aliphatic rings. The van der Waals surface area contributed by atoms with Crippen molar-refractivity contribution in [3.05, 3.63) is 34.9 Å². The Hall–Kier alpha value is -1.31. The molecule has 0 aliphatic heterocycles. The van der Waals surface area contributed by atoms with Crippen molar-refractivity contribution in [1.29, 1.82) is 0 Å². The van der Waals surface area contributed by atoms with Crippen LogP contribution in [0.5, 0.6) is 0 Å². The summed E-state index contributed by atoms with van der Waals surface area (Å²) >= 11 is 0. The Morgan fingerprint density at radius 1 is 1.29 bits per heavy atom. The molecule has 0 N–H and O–H groups in total. The van der Waals surface area contributed by atoms with Crippen LogP contribution in [-0.2, 0) is 9.53 Å². The van der Waals surface area contributed by atoms with Crippen molar-refractivity contribution in [1.82, 2.24) is 0 Å². The molecule has 0 bridgehead atoms. The molecule has 0 spiro atoms. The molecule has 0 fully saturated rings. The van der Waals surface area contributed by atoms with Crippen molar-refractivity contribution in [3.8, 4) is 0 Å². The van der Waals surface area contributed by atoms with Crippen LogP contribution in [-0.4, -0.2) is 12.6 Å². The Bertz CT molecular complexity index is 386. The van der Waals surface area contributed by atoms with E-state index in [1.54, 1.807) is 0 Å². The summed E-state index contributed by atoms with van der Waals surface area (Å²) in [6.45, 7) is 2.30. The number of hydrogen-bond acceptors (Lipinski definition) is 2. The van der Waals surface area contributed by atoms with Gasteiger partial charge in [-0.3, -0.25) is 0 Å². The van der Waals surface area contributed by atoms with Crippen LogP contribution in [0.15, 0.2) is 34.9 Å². The lowest BCUT2D eigenvalue weighted by Crippen LogP contribution is -2.09. The molecule has 2 heteroatoms. The van der Waals surface area contributed by atoms with Gasteiger partial charge < -0.3 is 4.74 Å². The summed E-state index contributed by atoms with van der Waals surface area (Å²) in [6.07, 6.45) is 13.2. The molecule has 0 atom stereocenters. The maximum atomic E-state index is 12.0. The smallest absolute Gasteiger partial charge is 0.338 e. The Kier molecular flexibility index (Phi) is 4.18. The van der Waals surface area contributed by atoms with Crippen LogP contribution in [0.4, 0.5) is 0 Å². The fourth-order valence-electron chi connectivity index (χ4n) is 2.42. The number of allylic oxidation sites excluding steroid dienone is 4. The van der Waals surface area contributed by atoms with Gasteiger partial charge in [-0.15, -0.1) is 0 Å². The van der Waals surface area contributed by atoms with E-state index in [0.717, 1.165) is 37.7 Å². The van der Waals surface area contributed by atoms with Crippen molar-refractivity contribution in [2.45, 2.75) is 45.4 Å². The first-order valence-electron chi connectivity index (χ1n) is 6.58. The van der Waals surface area contributed by atoms with Gasteiger partial charge in [0.2, 0.25) is 0 Å². The zero-order chi connectivity index (χ0) is 12.1. The fourth-order valence-corrected chi connectivity index (χ4v) is 2.42. The van der Waals surface area contributed by atoms with E-state index in [0.29, 0.717) is 6.61 Å². The highest BCUT2D eigenvalue weighted by Crippen LogP contribution is 2.29. The number of ether oxygens (including phenoxy) is 1. The van der Waals surface area contributed by atoms with Crippen molar-refractivity contribution in [2.75, 3.05) is 6.61 Å². The lowest BCUT2D eigenvalue weighted by Gasteiger charge is -2.08. The van der Waals surface area contributed by atoms with Crippen LogP contribution in [0.25, 0.3) is 0 Å². The molecule has 17 heavy (non-hydrogen) atoms. The summed E-state index contributed by atoms with van der Waals surface area (Å²) in [5, 5.41) is 0. The van der Waals surface area contributed by atoms with Gasteiger partial charge in [-0.1, -0.05) is 17.7 Å². The highest BCUT2D eigenvalue weighted by molar-refractivity contribution is 5.94. The van der Waals surface area contributed by atoms with Crippen molar-refractivity contribution >= 4 is 5.97 Å². The van der Waals surface area contributed by atoms with Crippen LogP contribution in [0.3, 0.4) is 0 Å². The second-order valence-corrected chi connectivity index (χ2v) is 4.57. The van der Waals surface area contributed by atoms with Gasteiger partial charge >= 0.3 is 5.97 Å². The Morgan fingerprint density at radius 2 is 2.06 bits per heavy atom. The van der Waals surface area contributed by atoms with E-state index in [-0.39, 0.29) is 5.97 Å². The van der Waals surface area contributed by atoms with Crippen molar-refractivity contribution in [2.24, 2.45) is 0 Å². The topological polar surface area (TPSA) is 26.3 Å². The third-order valence-electron chi connectivity index (χ3n) is 3.29. The second-order valence-electron chi connectivity index (χ2n) is 4.57. The first kappa shape index (κ1) is 12.2. The van der Waals surface area contributed by atoms with Crippen LogP contribution in [0, 0.1) is 0 Å². The van der Waals surface area contributed by atoms with Gasteiger partial charge in [0.25, 0.3) is 0 Å². The molecule has 2 aliphatic carbocycles. The van der Waals surface area contributed by atoms with Crippen LogP contribution in [0.1, 0.15) is 45.4 Å². The molecule has 0 aromatic heterocycles. The van der Waals surface area contributed by atoms with E-state index in [1.165, 1.54) is 17.6 Å². The van der Waals surface area contributed by atoms with Crippen LogP contribution < -0.4 is 0 Å². The van der Waals surface area contributed by atoms with Crippen LogP contribution >= 0.6 is 0 Å². The van der Waals surface area contributed by atoms with Gasteiger partial charge in [-0.05, 0) is 57.1 Å². The third-order valence-corrected chi connectivity index (χ3v) is 3.29. The summed E-state index contributed by atoms with van der Waals surface area (Å²) in [5.41, 5.74) is 3.26. The maximum absolute atomic E-state index is 12.0. The zero-order valence-corrected chi connectivity index (χ0v) is 10.5. The average Bonchev–Trinajstić information content (AvgIpc) is 2.99. The molecular formula is C15H20O2. The summed E-state index contributed by atoms with van der Waals surface area (Å²) in [6, 6.07) is 0. The lowest BCUT2D eigenvalue weighted by atomic mass is 10.0. The maximum Gasteiger partial charge on any atom is 0.338 e. The zero-order valence-electron chi connectivity index (χ0n) is 10.5. The average molecular weight is 232 g/mol. The highest BCUT2D eigenvalue weighted by Gasteiger charge is 2.19. The normalized spacial score (nSPS) is 20.2. The standard InChI is InChI=1S/C15H20O2/c1-2-17-15(16)14(13-9-5-6-10-13)11-12-7-3-4-8-12/h7,9,11H,2-6,8,10H2,1H3. The van der Waals surface area contributed by atoms with E-state index < -0.39 is 0 Å². The lowest BCUT2D eigenvalue weighted by molar-refractivity contribution is -0.138. The predicted octanol–water partition coefficient (Wildman–Crippen LogP) is 3.70.